The molecule has 3 aromatic carbocycles. The van der Waals surface area contributed by atoms with Gasteiger partial charge in [-0.2, -0.15) is 0 Å². The number of amides is 1. The summed E-state index contributed by atoms with van der Waals surface area (Å²) >= 11 is 0. The van der Waals surface area contributed by atoms with E-state index >= 15 is 0 Å². The van der Waals surface area contributed by atoms with Gasteiger partial charge in [-0.15, -0.1) is 0 Å². The number of likely N-dealkylation sites (N-methyl/N-ethyl adjacent to an activating group) is 1. The van der Waals surface area contributed by atoms with Crippen molar-refractivity contribution in [2.45, 2.75) is 12.6 Å². The van der Waals surface area contributed by atoms with E-state index in [0.29, 0.717) is 36.0 Å². The van der Waals surface area contributed by atoms with Crippen LogP contribution in [0, 0.1) is 0 Å². The van der Waals surface area contributed by atoms with E-state index < -0.39 is 17.7 Å². The first-order valence-electron chi connectivity index (χ1n) is 12.7. The number of nitrogens with zero attached hydrogens (tertiary/aromatic N) is 3. The fourth-order valence-corrected chi connectivity index (χ4v) is 5.23. The lowest BCUT2D eigenvalue weighted by Gasteiger charge is -2.28. The molecule has 9 heteroatoms. The van der Waals surface area contributed by atoms with Crippen molar-refractivity contribution in [1.29, 1.82) is 0 Å². The molecule has 0 bridgehead atoms. The number of Topliss-reactive ketones (excluding diaryl/α,β-unsaturated/α-hetero) is 1. The van der Waals surface area contributed by atoms with Gasteiger partial charge in [-0.25, -0.2) is 0 Å². The highest BCUT2D eigenvalue weighted by atomic mass is 16.7. The van der Waals surface area contributed by atoms with Crippen molar-refractivity contribution in [2.24, 2.45) is 0 Å². The quantitative estimate of drug-likeness (QED) is 0.303. The Bertz CT molecular complexity index is 1500. The van der Waals surface area contributed by atoms with Crippen LogP contribution in [0.5, 0.6) is 17.2 Å². The Kier molecular flexibility index (Phi) is 6.06. The zero-order chi connectivity index (χ0) is 27.3. The van der Waals surface area contributed by atoms with Crippen LogP contribution in [-0.2, 0) is 16.1 Å². The molecule has 3 aliphatic heterocycles. The van der Waals surface area contributed by atoms with Crippen LogP contribution in [0.4, 0.5) is 11.4 Å². The number of anilines is 2. The summed E-state index contributed by atoms with van der Waals surface area (Å²) in [5.41, 5.74) is 3.79. The van der Waals surface area contributed by atoms with Gasteiger partial charge in [0, 0.05) is 38.9 Å². The summed E-state index contributed by atoms with van der Waals surface area (Å²) < 4.78 is 16.7. The minimum absolute atomic E-state index is 0.0534. The van der Waals surface area contributed by atoms with Gasteiger partial charge in [0.15, 0.2) is 11.5 Å². The van der Waals surface area contributed by atoms with Crippen LogP contribution in [0.15, 0.2) is 66.2 Å². The van der Waals surface area contributed by atoms with Gasteiger partial charge < -0.3 is 34.0 Å². The molecule has 1 unspecified atom stereocenters. The van der Waals surface area contributed by atoms with Gasteiger partial charge in [0.05, 0.1) is 23.8 Å². The summed E-state index contributed by atoms with van der Waals surface area (Å²) in [5.74, 6) is 0.324. The number of hydrogen-bond donors (Lipinski definition) is 1. The Morgan fingerprint density at radius 3 is 2.46 bits per heavy atom. The first-order chi connectivity index (χ1) is 18.8. The van der Waals surface area contributed by atoms with Crippen molar-refractivity contribution in [2.75, 3.05) is 50.9 Å². The molecule has 0 aliphatic carbocycles. The predicted molar refractivity (Wildman–Crippen MR) is 146 cm³/mol. The molecule has 3 heterocycles. The van der Waals surface area contributed by atoms with Crippen molar-refractivity contribution in [1.82, 2.24) is 4.90 Å². The lowest BCUT2D eigenvalue weighted by Crippen LogP contribution is -2.29. The van der Waals surface area contributed by atoms with Gasteiger partial charge >= 0.3 is 0 Å². The van der Waals surface area contributed by atoms with Crippen LogP contribution in [0.25, 0.3) is 5.76 Å². The van der Waals surface area contributed by atoms with Gasteiger partial charge in [0.25, 0.3) is 11.7 Å². The summed E-state index contributed by atoms with van der Waals surface area (Å²) in [6.45, 7) is 1.57. The molecule has 0 spiro atoms. The topological polar surface area (TPSA) is 91.8 Å². The summed E-state index contributed by atoms with van der Waals surface area (Å²) in [4.78, 5) is 32.5. The number of rotatable bonds is 5. The predicted octanol–water partition coefficient (Wildman–Crippen LogP) is 3.93. The number of ether oxygens (including phenoxy) is 3. The molecule has 9 nitrogen and oxygen atoms in total. The molecule has 39 heavy (non-hydrogen) atoms. The summed E-state index contributed by atoms with van der Waals surface area (Å²) in [6, 6.07) is 17.6. The van der Waals surface area contributed by atoms with Gasteiger partial charge in [0.1, 0.15) is 18.1 Å². The smallest absolute Gasteiger partial charge is 0.295 e. The fourth-order valence-electron chi connectivity index (χ4n) is 5.23. The lowest BCUT2D eigenvalue weighted by atomic mass is 9.94. The van der Waals surface area contributed by atoms with Crippen LogP contribution >= 0.6 is 0 Å². The maximum Gasteiger partial charge on any atom is 0.295 e. The highest BCUT2D eigenvalue weighted by Crippen LogP contribution is 2.43. The molecule has 1 amide bonds. The van der Waals surface area contributed by atoms with Gasteiger partial charge in [-0.05, 0) is 53.6 Å². The Balaban J connectivity index is 1.45. The molecular weight excluding hydrogens is 498 g/mol. The standard InChI is InChI=1S/C30H29N3O6/c1-31(2)21-8-5-19(6-9-21)27-26(28(34)20-7-11-23-22(15-20)32(3)12-13-37-23)29(35)30(36)33(27)16-18-4-10-24-25(14-18)39-17-38-24/h4-11,14-15,27,34H,12-13,16-17H2,1-3H3/b28-26-. The first-order valence-corrected chi connectivity index (χ1v) is 12.7. The number of aliphatic hydroxyl groups excluding tert-OH is 1. The van der Waals surface area contributed by atoms with Crippen LogP contribution in [0.3, 0.4) is 0 Å². The SMILES string of the molecule is CN(C)c1ccc(C2/C(=C(/O)c3ccc4c(c3)N(C)CCO4)C(=O)C(=O)N2Cc2ccc3c(c2)OCO3)cc1. The highest BCUT2D eigenvalue weighted by molar-refractivity contribution is 6.46. The number of carbonyl (C=O) groups is 2. The number of benzene rings is 3. The molecule has 1 N–H and O–H groups in total. The number of aliphatic hydroxyl groups is 1. The fraction of sp³-hybridized carbons (Fsp3) is 0.267. The van der Waals surface area contributed by atoms with Crippen molar-refractivity contribution in [3.63, 3.8) is 0 Å². The summed E-state index contributed by atoms with van der Waals surface area (Å²) in [6.07, 6.45) is 0. The second-order valence-electron chi connectivity index (χ2n) is 10.1. The second-order valence-corrected chi connectivity index (χ2v) is 10.1. The first kappa shape index (κ1) is 24.7. The number of carbonyl (C=O) groups excluding carboxylic acids is 2. The average Bonchev–Trinajstić information content (AvgIpc) is 3.51. The van der Waals surface area contributed by atoms with Crippen LogP contribution in [-0.4, -0.2) is 62.8 Å². The normalized spacial score (nSPS) is 19.2. The Morgan fingerprint density at radius 1 is 0.949 bits per heavy atom. The zero-order valence-electron chi connectivity index (χ0n) is 22.0. The molecule has 3 aromatic rings. The lowest BCUT2D eigenvalue weighted by molar-refractivity contribution is -0.140. The Hall–Kier alpha value is -4.66. The Labute approximate surface area is 226 Å². The minimum atomic E-state index is -0.781. The monoisotopic (exact) mass is 527 g/mol. The molecule has 0 aromatic heterocycles. The second kappa shape index (κ2) is 9.58. The van der Waals surface area contributed by atoms with E-state index in [2.05, 4.69) is 0 Å². The minimum Gasteiger partial charge on any atom is -0.507 e. The number of fused-ring (bicyclic) bond motifs is 2. The van der Waals surface area contributed by atoms with E-state index in [1.807, 2.05) is 67.3 Å². The number of hydrogen-bond acceptors (Lipinski definition) is 8. The molecule has 0 saturated carbocycles. The van der Waals surface area contributed by atoms with Crippen molar-refractivity contribution in [3.8, 4) is 17.2 Å². The average molecular weight is 528 g/mol. The highest BCUT2D eigenvalue weighted by Gasteiger charge is 2.46. The van der Waals surface area contributed by atoms with Gasteiger partial charge in [-0.3, -0.25) is 9.59 Å². The third kappa shape index (κ3) is 4.29. The molecular formula is C30H29N3O6. The largest absolute Gasteiger partial charge is 0.507 e. The van der Waals surface area contributed by atoms with E-state index in [-0.39, 0.29) is 24.7 Å². The van der Waals surface area contributed by atoms with Crippen LogP contribution in [0.1, 0.15) is 22.7 Å². The number of likely N-dealkylation sites (tertiary alicyclic amines) is 1. The maximum atomic E-state index is 13.5. The molecule has 1 fully saturated rings. The molecule has 3 aliphatic rings. The van der Waals surface area contributed by atoms with Crippen molar-refractivity contribution < 1.29 is 28.9 Å². The van der Waals surface area contributed by atoms with Crippen LogP contribution in [0.2, 0.25) is 0 Å². The van der Waals surface area contributed by atoms with Gasteiger partial charge in [0.2, 0.25) is 6.79 Å². The Morgan fingerprint density at radius 2 is 1.69 bits per heavy atom. The molecule has 1 saturated heterocycles. The molecule has 0 radical (unpaired) electrons. The van der Waals surface area contributed by atoms with Crippen LogP contribution < -0.4 is 24.0 Å². The molecule has 1 atom stereocenters. The van der Waals surface area contributed by atoms with Crippen molar-refractivity contribution in [3.05, 3.63) is 82.9 Å². The van der Waals surface area contributed by atoms with E-state index in [1.54, 1.807) is 24.3 Å². The summed E-state index contributed by atoms with van der Waals surface area (Å²) in [5, 5.41) is 11.6. The maximum absolute atomic E-state index is 13.5. The third-order valence-electron chi connectivity index (χ3n) is 7.38. The summed E-state index contributed by atoms with van der Waals surface area (Å²) in [7, 11) is 5.83. The van der Waals surface area contributed by atoms with Gasteiger partial charge in [-0.1, -0.05) is 18.2 Å². The third-order valence-corrected chi connectivity index (χ3v) is 7.38. The van der Waals surface area contributed by atoms with Crippen molar-refractivity contribution >= 4 is 28.8 Å². The van der Waals surface area contributed by atoms with E-state index in [4.69, 9.17) is 14.2 Å². The van der Waals surface area contributed by atoms with E-state index in [0.717, 1.165) is 22.5 Å². The molecule has 200 valence electrons. The molecule has 6 rings (SSSR count). The zero-order valence-corrected chi connectivity index (χ0v) is 22.0. The number of ketones is 1. The van der Waals surface area contributed by atoms with E-state index in [9.17, 15) is 14.7 Å². The van der Waals surface area contributed by atoms with E-state index in [1.165, 1.54) is 4.90 Å².